The number of hydrogen-bond acceptors (Lipinski definition) is 6. The number of halogens is 3. The first-order chi connectivity index (χ1) is 14.8. The SMILES string of the molecule is CNC1CC(C)NC(Nc2cc3c(c(C4=CCN(C)CCC4)c2F)OCCC3(F)F)N1. The number of nitrogens with one attached hydrogen (secondary N) is 4. The molecule has 0 spiro atoms. The van der Waals surface area contributed by atoms with E-state index in [1.54, 1.807) is 0 Å². The van der Waals surface area contributed by atoms with Crippen molar-refractivity contribution in [3.63, 3.8) is 0 Å². The van der Waals surface area contributed by atoms with Crippen molar-refractivity contribution < 1.29 is 17.9 Å². The van der Waals surface area contributed by atoms with E-state index in [0.717, 1.165) is 25.0 Å². The molecule has 0 radical (unpaired) electrons. The highest BCUT2D eigenvalue weighted by molar-refractivity contribution is 5.77. The van der Waals surface area contributed by atoms with E-state index in [-0.39, 0.29) is 41.4 Å². The Labute approximate surface area is 181 Å². The van der Waals surface area contributed by atoms with Gasteiger partial charge in [0, 0.05) is 12.6 Å². The third kappa shape index (κ3) is 4.69. The summed E-state index contributed by atoms with van der Waals surface area (Å²) in [5, 5.41) is 12.8. The summed E-state index contributed by atoms with van der Waals surface area (Å²) in [6.07, 6.45) is 3.38. The molecule has 0 amide bonds. The van der Waals surface area contributed by atoms with E-state index in [2.05, 4.69) is 26.2 Å². The molecule has 172 valence electrons. The van der Waals surface area contributed by atoms with Crippen LogP contribution in [0.4, 0.5) is 18.9 Å². The zero-order valence-corrected chi connectivity index (χ0v) is 18.3. The Bertz CT molecular complexity index is 847. The summed E-state index contributed by atoms with van der Waals surface area (Å²) in [6, 6.07) is 1.38. The van der Waals surface area contributed by atoms with Crippen LogP contribution in [0.3, 0.4) is 0 Å². The predicted molar refractivity (Wildman–Crippen MR) is 116 cm³/mol. The van der Waals surface area contributed by atoms with Crippen LogP contribution in [-0.4, -0.2) is 57.2 Å². The fraction of sp³-hybridized carbons (Fsp3) is 0.636. The minimum Gasteiger partial charge on any atom is -0.492 e. The quantitative estimate of drug-likeness (QED) is 0.579. The highest BCUT2D eigenvalue weighted by Crippen LogP contribution is 2.48. The van der Waals surface area contributed by atoms with Crippen molar-refractivity contribution in [2.24, 2.45) is 0 Å². The zero-order chi connectivity index (χ0) is 22.2. The summed E-state index contributed by atoms with van der Waals surface area (Å²) >= 11 is 0. The van der Waals surface area contributed by atoms with Gasteiger partial charge in [0.2, 0.25) is 0 Å². The standard InChI is InChI=1S/C22H32F3N5O/c1-13-11-17(26-2)29-21(27-13)28-16-12-15-20(31-10-7-22(15,24)25)18(19(16)23)14-5-4-8-30(3)9-6-14/h6,12-13,17,21,26-29H,4-5,7-11H2,1-3H3. The summed E-state index contributed by atoms with van der Waals surface area (Å²) < 4.78 is 51.2. The lowest BCUT2D eigenvalue weighted by molar-refractivity contribution is -0.0406. The molecule has 1 fully saturated rings. The summed E-state index contributed by atoms with van der Waals surface area (Å²) in [4.78, 5) is 2.13. The van der Waals surface area contributed by atoms with Crippen molar-refractivity contribution in [1.82, 2.24) is 20.9 Å². The van der Waals surface area contributed by atoms with E-state index in [1.165, 1.54) is 6.07 Å². The van der Waals surface area contributed by atoms with E-state index < -0.39 is 24.5 Å². The summed E-state index contributed by atoms with van der Waals surface area (Å²) in [5.74, 6) is -3.63. The van der Waals surface area contributed by atoms with E-state index in [9.17, 15) is 8.78 Å². The molecular formula is C22H32F3N5O. The largest absolute Gasteiger partial charge is 0.492 e. The monoisotopic (exact) mass is 439 g/mol. The number of rotatable bonds is 4. The van der Waals surface area contributed by atoms with Gasteiger partial charge in [-0.15, -0.1) is 0 Å². The molecule has 0 aliphatic carbocycles. The van der Waals surface area contributed by atoms with Crippen molar-refractivity contribution in [1.29, 1.82) is 0 Å². The Morgan fingerprint density at radius 1 is 1.29 bits per heavy atom. The molecule has 4 N–H and O–H groups in total. The molecule has 4 rings (SSSR count). The maximum Gasteiger partial charge on any atom is 0.280 e. The van der Waals surface area contributed by atoms with Gasteiger partial charge in [0.1, 0.15) is 12.0 Å². The van der Waals surface area contributed by atoms with Crippen LogP contribution in [0, 0.1) is 5.82 Å². The Hall–Kier alpha value is -1.81. The molecule has 9 heteroatoms. The fourth-order valence-corrected chi connectivity index (χ4v) is 4.56. The molecule has 3 heterocycles. The molecule has 1 aromatic rings. The Balaban J connectivity index is 1.76. The van der Waals surface area contributed by atoms with Crippen LogP contribution in [0.15, 0.2) is 12.1 Å². The number of nitrogens with zero attached hydrogens (tertiary/aromatic N) is 1. The molecule has 0 bridgehead atoms. The molecule has 1 saturated heterocycles. The molecule has 3 aliphatic heterocycles. The van der Waals surface area contributed by atoms with Gasteiger partial charge in [-0.3, -0.25) is 10.6 Å². The van der Waals surface area contributed by atoms with Crippen molar-refractivity contribution in [2.75, 3.05) is 39.1 Å². The van der Waals surface area contributed by atoms with Crippen LogP contribution >= 0.6 is 0 Å². The van der Waals surface area contributed by atoms with Gasteiger partial charge in [0.15, 0.2) is 5.82 Å². The van der Waals surface area contributed by atoms with Crippen LogP contribution in [0.25, 0.3) is 5.57 Å². The number of hydrogen-bond donors (Lipinski definition) is 4. The van der Waals surface area contributed by atoms with Gasteiger partial charge in [-0.2, -0.15) is 0 Å². The number of ether oxygens (including phenoxy) is 1. The van der Waals surface area contributed by atoms with E-state index in [0.29, 0.717) is 13.0 Å². The van der Waals surface area contributed by atoms with Gasteiger partial charge in [0.05, 0.1) is 36.0 Å². The number of benzene rings is 1. The summed E-state index contributed by atoms with van der Waals surface area (Å²) in [6.45, 7) is 3.42. The first-order valence-corrected chi connectivity index (χ1v) is 11.0. The lowest BCUT2D eigenvalue weighted by Gasteiger charge is -2.37. The van der Waals surface area contributed by atoms with Gasteiger partial charge in [-0.1, -0.05) is 6.08 Å². The number of anilines is 1. The smallest absolute Gasteiger partial charge is 0.280 e. The maximum absolute atomic E-state index is 15.8. The number of alkyl halides is 2. The molecule has 0 saturated carbocycles. The molecule has 6 nitrogen and oxygen atoms in total. The molecule has 3 atom stereocenters. The fourth-order valence-electron chi connectivity index (χ4n) is 4.56. The molecule has 3 aliphatic rings. The van der Waals surface area contributed by atoms with Crippen LogP contribution in [0.1, 0.15) is 43.7 Å². The first-order valence-electron chi connectivity index (χ1n) is 11.0. The molecule has 3 unspecified atom stereocenters. The van der Waals surface area contributed by atoms with Gasteiger partial charge < -0.3 is 20.3 Å². The summed E-state index contributed by atoms with van der Waals surface area (Å²) in [7, 11) is 3.84. The number of allylic oxidation sites excluding steroid dienone is 1. The third-order valence-electron chi connectivity index (χ3n) is 6.29. The van der Waals surface area contributed by atoms with E-state index >= 15 is 4.39 Å². The van der Waals surface area contributed by atoms with Gasteiger partial charge in [-0.25, -0.2) is 13.2 Å². The number of likely N-dealkylation sites (N-methyl/N-ethyl adjacent to an activating group) is 1. The van der Waals surface area contributed by atoms with Gasteiger partial charge in [-0.05, 0) is 58.5 Å². The topological polar surface area (TPSA) is 60.6 Å². The normalized spacial score (nSPS) is 28.8. The average molecular weight is 440 g/mol. The molecule has 1 aromatic carbocycles. The average Bonchev–Trinajstić information content (AvgIpc) is 2.93. The van der Waals surface area contributed by atoms with Crippen LogP contribution in [-0.2, 0) is 5.92 Å². The molecular weight excluding hydrogens is 407 g/mol. The van der Waals surface area contributed by atoms with Crippen molar-refractivity contribution in [3.8, 4) is 5.75 Å². The lowest BCUT2D eigenvalue weighted by atomic mass is 9.91. The van der Waals surface area contributed by atoms with E-state index in [4.69, 9.17) is 4.74 Å². The van der Waals surface area contributed by atoms with E-state index in [1.807, 2.05) is 27.1 Å². The van der Waals surface area contributed by atoms with Crippen molar-refractivity contribution in [2.45, 2.75) is 57.0 Å². The Morgan fingerprint density at radius 3 is 2.87 bits per heavy atom. The second-order valence-electron chi connectivity index (χ2n) is 8.78. The van der Waals surface area contributed by atoms with Crippen molar-refractivity contribution in [3.05, 3.63) is 29.1 Å². The summed E-state index contributed by atoms with van der Waals surface area (Å²) in [5.41, 5.74) is 0.700. The molecule has 0 aromatic heterocycles. The highest BCUT2D eigenvalue weighted by atomic mass is 19.3. The van der Waals surface area contributed by atoms with Crippen LogP contribution in [0.5, 0.6) is 5.75 Å². The Kier molecular flexibility index (Phi) is 6.48. The maximum atomic E-state index is 15.8. The van der Waals surface area contributed by atoms with Crippen LogP contribution < -0.4 is 26.0 Å². The van der Waals surface area contributed by atoms with Crippen LogP contribution in [0.2, 0.25) is 0 Å². The van der Waals surface area contributed by atoms with Gasteiger partial charge in [0.25, 0.3) is 5.92 Å². The Morgan fingerprint density at radius 2 is 2.10 bits per heavy atom. The predicted octanol–water partition coefficient (Wildman–Crippen LogP) is 3.02. The first kappa shape index (κ1) is 22.4. The minimum atomic E-state index is -3.07. The number of fused-ring (bicyclic) bond motifs is 1. The molecule has 31 heavy (non-hydrogen) atoms. The van der Waals surface area contributed by atoms with Gasteiger partial charge >= 0.3 is 0 Å². The van der Waals surface area contributed by atoms with Crippen molar-refractivity contribution >= 4 is 11.3 Å². The lowest BCUT2D eigenvalue weighted by Crippen LogP contribution is -2.63. The second kappa shape index (κ2) is 8.97. The highest BCUT2D eigenvalue weighted by Gasteiger charge is 2.41. The second-order valence-corrected chi connectivity index (χ2v) is 8.78. The minimum absolute atomic E-state index is 0.0128. The third-order valence-corrected chi connectivity index (χ3v) is 6.29. The zero-order valence-electron chi connectivity index (χ0n) is 18.3.